The summed E-state index contributed by atoms with van der Waals surface area (Å²) in [7, 11) is 0. The molecule has 0 heterocycles. The molecule has 2 fully saturated rings. The molecule has 0 atom stereocenters. The molecule has 0 spiro atoms. The zero-order valence-corrected chi connectivity index (χ0v) is 19.9. The highest BCUT2D eigenvalue weighted by Crippen LogP contribution is 2.44. The summed E-state index contributed by atoms with van der Waals surface area (Å²) in [5.74, 6) is 2.29. The third-order valence-corrected chi connectivity index (χ3v) is 8.69. The van der Waals surface area contributed by atoms with Gasteiger partial charge in [-0.05, 0) is 108 Å². The maximum atomic E-state index is 10.6. The molecular weight excluding hydrogens is 380 g/mol. The standard InChI is InChI=1S/C29H40O2/c1-20-9-13-28(3,14-10-20)24-5-7-26(30)22(18-24)17-23-19-25(6-8-27(23)31)29(4)15-11-21(2)12-16-29/h5-8,18-21,30-31H,9-17H2,1-4H3. The minimum atomic E-state index is 0.186. The molecule has 0 unspecified atom stereocenters. The molecule has 2 aromatic rings. The Morgan fingerprint density at radius 1 is 0.677 bits per heavy atom. The summed E-state index contributed by atoms with van der Waals surface area (Å²) in [5.41, 5.74) is 4.88. The van der Waals surface area contributed by atoms with E-state index >= 15 is 0 Å². The lowest BCUT2D eigenvalue weighted by molar-refractivity contribution is 0.260. The predicted octanol–water partition coefficient (Wildman–Crippen LogP) is 7.62. The molecule has 2 aliphatic carbocycles. The Balaban J connectivity index is 1.61. The van der Waals surface area contributed by atoms with Crippen molar-refractivity contribution in [1.82, 2.24) is 0 Å². The van der Waals surface area contributed by atoms with E-state index in [9.17, 15) is 10.2 Å². The number of benzene rings is 2. The van der Waals surface area contributed by atoms with Crippen LogP contribution in [0.15, 0.2) is 36.4 Å². The monoisotopic (exact) mass is 420 g/mol. The average Bonchev–Trinajstić information content (AvgIpc) is 2.75. The zero-order valence-electron chi connectivity index (χ0n) is 19.9. The van der Waals surface area contributed by atoms with E-state index in [2.05, 4.69) is 52.0 Å². The van der Waals surface area contributed by atoms with Crippen molar-refractivity contribution in [3.05, 3.63) is 58.7 Å². The van der Waals surface area contributed by atoms with E-state index in [0.29, 0.717) is 17.9 Å². The third kappa shape index (κ3) is 4.64. The van der Waals surface area contributed by atoms with Gasteiger partial charge in [-0.15, -0.1) is 0 Å². The van der Waals surface area contributed by atoms with Gasteiger partial charge in [-0.2, -0.15) is 0 Å². The van der Waals surface area contributed by atoms with Crippen molar-refractivity contribution in [2.24, 2.45) is 11.8 Å². The number of hydrogen-bond donors (Lipinski definition) is 2. The normalized spacial score (nSPS) is 31.5. The maximum Gasteiger partial charge on any atom is 0.119 e. The van der Waals surface area contributed by atoms with Gasteiger partial charge in [0.25, 0.3) is 0 Å². The Hall–Kier alpha value is -1.96. The maximum absolute atomic E-state index is 10.6. The lowest BCUT2D eigenvalue weighted by Gasteiger charge is -2.37. The van der Waals surface area contributed by atoms with Crippen LogP contribution >= 0.6 is 0 Å². The van der Waals surface area contributed by atoms with Crippen LogP contribution in [-0.4, -0.2) is 10.2 Å². The number of hydrogen-bond acceptors (Lipinski definition) is 2. The Kier molecular flexibility index (Phi) is 6.12. The first-order valence-electron chi connectivity index (χ1n) is 12.3. The molecule has 0 aromatic heterocycles. The first-order chi connectivity index (χ1) is 14.7. The Morgan fingerprint density at radius 3 is 1.39 bits per heavy atom. The van der Waals surface area contributed by atoms with Gasteiger partial charge in [0, 0.05) is 6.42 Å². The third-order valence-electron chi connectivity index (χ3n) is 8.69. The molecule has 2 heteroatoms. The molecule has 0 aliphatic heterocycles. The van der Waals surface area contributed by atoms with Crippen LogP contribution in [-0.2, 0) is 17.3 Å². The van der Waals surface area contributed by atoms with Gasteiger partial charge in [-0.25, -0.2) is 0 Å². The van der Waals surface area contributed by atoms with Crippen LogP contribution in [0, 0.1) is 11.8 Å². The van der Waals surface area contributed by atoms with E-state index in [0.717, 1.165) is 23.0 Å². The minimum Gasteiger partial charge on any atom is -0.508 e. The van der Waals surface area contributed by atoms with E-state index in [1.165, 1.54) is 62.5 Å². The summed E-state index contributed by atoms with van der Waals surface area (Å²) in [6, 6.07) is 12.3. The molecule has 2 nitrogen and oxygen atoms in total. The highest BCUT2D eigenvalue weighted by Gasteiger charge is 2.33. The van der Waals surface area contributed by atoms with Crippen LogP contribution in [0.2, 0.25) is 0 Å². The second-order valence-electron chi connectivity index (χ2n) is 11.4. The lowest BCUT2D eigenvalue weighted by Crippen LogP contribution is -2.28. The average molecular weight is 421 g/mol. The molecule has 0 radical (unpaired) electrons. The van der Waals surface area contributed by atoms with Crippen LogP contribution in [0.4, 0.5) is 0 Å². The molecule has 2 aliphatic rings. The highest BCUT2D eigenvalue weighted by atomic mass is 16.3. The van der Waals surface area contributed by atoms with Crippen molar-refractivity contribution in [2.45, 2.75) is 96.3 Å². The van der Waals surface area contributed by atoms with Crippen molar-refractivity contribution in [2.75, 3.05) is 0 Å². The molecule has 4 rings (SSSR count). The van der Waals surface area contributed by atoms with Gasteiger partial charge in [0.05, 0.1) is 0 Å². The van der Waals surface area contributed by atoms with Crippen molar-refractivity contribution >= 4 is 0 Å². The fourth-order valence-corrected chi connectivity index (χ4v) is 5.79. The predicted molar refractivity (Wildman–Crippen MR) is 129 cm³/mol. The van der Waals surface area contributed by atoms with Crippen LogP contribution < -0.4 is 0 Å². The highest BCUT2D eigenvalue weighted by molar-refractivity contribution is 5.47. The first kappa shape index (κ1) is 22.2. The number of phenolic OH excluding ortho intramolecular Hbond substituents is 2. The smallest absolute Gasteiger partial charge is 0.119 e. The second kappa shape index (κ2) is 8.52. The van der Waals surface area contributed by atoms with Crippen LogP contribution in [0.3, 0.4) is 0 Å². The van der Waals surface area contributed by atoms with Crippen molar-refractivity contribution in [3.63, 3.8) is 0 Å². The van der Waals surface area contributed by atoms with Crippen molar-refractivity contribution < 1.29 is 10.2 Å². The van der Waals surface area contributed by atoms with E-state index in [1.54, 1.807) is 0 Å². The zero-order chi connectivity index (χ0) is 22.2. The molecule has 2 saturated carbocycles. The van der Waals surface area contributed by atoms with Gasteiger partial charge in [-0.1, -0.05) is 52.0 Å². The molecule has 0 bridgehead atoms. The Labute approximate surface area is 188 Å². The molecular formula is C29H40O2. The van der Waals surface area contributed by atoms with E-state index in [-0.39, 0.29) is 10.8 Å². The molecule has 0 saturated heterocycles. The molecule has 2 aromatic carbocycles. The SMILES string of the molecule is CC1CCC(C)(c2ccc(O)c(Cc3cc(C4(C)CCC(C)CC4)ccc3O)c2)CC1. The molecule has 2 N–H and O–H groups in total. The fourth-order valence-electron chi connectivity index (χ4n) is 5.79. The summed E-state index contributed by atoms with van der Waals surface area (Å²) in [6.07, 6.45) is 10.5. The Bertz CT molecular complexity index is 837. The van der Waals surface area contributed by atoms with Gasteiger partial charge in [0.1, 0.15) is 11.5 Å². The molecule has 168 valence electrons. The minimum absolute atomic E-state index is 0.186. The number of rotatable bonds is 4. The van der Waals surface area contributed by atoms with E-state index in [4.69, 9.17) is 0 Å². The van der Waals surface area contributed by atoms with Gasteiger partial charge in [0.15, 0.2) is 0 Å². The quantitative estimate of drug-likeness (QED) is 0.534. The summed E-state index contributed by atoms with van der Waals surface area (Å²) in [5, 5.41) is 21.3. The van der Waals surface area contributed by atoms with Crippen molar-refractivity contribution in [1.29, 1.82) is 0 Å². The van der Waals surface area contributed by atoms with Crippen LogP contribution in [0.25, 0.3) is 0 Å². The van der Waals surface area contributed by atoms with E-state index in [1.807, 2.05) is 12.1 Å². The molecule has 31 heavy (non-hydrogen) atoms. The van der Waals surface area contributed by atoms with Gasteiger partial charge >= 0.3 is 0 Å². The van der Waals surface area contributed by atoms with E-state index < -0.39 is 0 Å². The first-order valence-corrected chi connectivity index (χ1v) is 12.3. The fraction of sp³-hybridized carbons (Fsp3) is 0.586. The number of aromatic hydroxyl groups is 2. The number of phenols is 2. The summed E-state index contributed by atoms with van der Waals surface area (Å²) in [4.78, 5) is 0. The second-order valence-corrected chi connectivity index (χ2v) is 11.4. The largest absolute Gasteiger partial charge is 0.508 e. The topological polar surface area (TPSA) is 40.5 Å². The summed E-state index contributed by atoms with van der Waals surface area (Å²) in [6.45, 7) is 9.45. The van der Waals surface area contributed by atoms with Gasteiger partial charge in [0.2, 0.25) is 0 Å². The van der Waals surface area contributed by atoms with Gasteiger partial charge < -0.3 is 10.2 Å². The van der Waals surface area contributed by atoms with Crippen LogP contribution in [0.5, 0.6) is 11.5 Å². The summed E-state index contributed by atoms with van der Waals surface area (Å²) >= 11 is 0. The van der Waals surface area contributed by atoms with Crippen molar-refractivity contribution in [3.8, 4) is 11.5 Å². The Morgan fingerprint density at radius 2 is 1.03 bits per heavy atom. The van der Waals surface area contributed by atoms with Crippen LogP contribution in [0.1, 0.15) is 101 Å². The van der Waals surface area contributed by atoms with Gasteiger partial charge in [-0.3, -0.25) is 0 Å². The lowest BCUT2D eigenvalue weighted by atomic mass is 9.67. The molecule has 0 amide bonds. The summed E-state index contributed by atoms with van der Waals surface area (Å²) < 4.78 is 0.